The van der Waals surface area contributed by atoms with Crippen LogP contribution >= 0.6 is 11.6 Å². The Morgan fingerprint density at radius 1 is 1.16 bits per heavy atom. The van der Waals surface area contributed by atoms with Crippen molar-refractivity contribution in [3.05, 3.63) is 77.1 Å². The molecular formula is C18H17ClN4O2. The number of rotatable bonds is 6. The van der Waals surface area contributed by atoms with Gasteiger partial charge in [0.25, 0.3) is 0 Å². The maximum Gasteiger partial charge on any atom is 0.323 e. The van der Waals surface area contributed by atoms with E-state index in [9.17, 15) is 4.79 Å². The molecule has 2 N–H and O–H groups in total. The zero-order valence-electron chi connectivity index (χ0n) is 13.4. The summed E-state index contributed by atoms with van der Waals surface area (Å²) >= 11 is 5.86. The monoisotopic (exact) mass is 356 g/mol. The molecule has 0 spiro atoms. The van der Waals surface area contributed by atoms with Crippen LogP contribution in [0.15, 0.2) is 60.8 Å². The highest BCUT2D eigenvalue weighted by atomic mass is 35.5. The highest BCUT2D eigenvalue weighted by Gasteiger charge is 2.16. The summed E-state index contributed by atoms with van der Waals surface area (Å²) in [4.78, 5) is 12.0. The predicted molar refractivity (Wildman–Crippen MR) is 94.3 cm³/mol. The molecule has 0 amide bonds. The fourth-order valence-corrected chi connectivity index (χ4v) is 2.41. The van der Waals surface area contributed by atoms with Crippen molar-refractivity contribution in [2.75, 3.05) is 0 Å². The zero-order chi connectivity index (χ0) is 17.6. The van der Waals surface area contributed by atoms with Gasteiger partial charge in [-0.2, -0.15) is 0 Å². The number of hydrogen-bond donors (Lipinski definition) is 1. The molecule has 2 aromatic carbocycles. The van der Waals surface area contributed by atoms with Crippen molar-refractivity contribution in [3.8, 4) is 5.69 Å². The first kappa shape index (κ1) is 17.1. The molecule has 0 aliphatic rings. The lowest BCUT2D eigenvalue weighted by Crippen LogP contribution is -2.34. The van der Waals surface area contributed by atoms with E-state index in [1.54, 1.807) is 23.0 Å². The number of carbonyl (C=O) groups is 1. The van der Waals surface area contributed by atoms with E-state index >= 15 is 0 Å². The minimum Gasteiger partial charge on any atom is -0.458 e. The molecule has 0 fully saturated rings. The van der Waals surface area contributed by atoms with Crippen LogP contribution in [0.3, 0.4) is 0 Å². The second kappa shape index (κ2) is 7.92. The van der Waals surface area contributed by atoms with Crippen LogP contribution in [0.5, 0.6) is 0 Å². The van der Waals surface area contributed by atoms with E-state index in [4.69, 9.17) is 22.1 Å². The Kier molecular flexibility index (Phi) is 5.42. The van der Waals surface area contributed by atoms with Gasteiger partial charge in [0.05, 0.1) is 11.9 Å². The molecule has 0 saturated carbocycles. The maximum absolute atomic E-state index is 12.0. The number of ether oxygens (including phenoxy) is 1. The van der Waals surface area contributed by atoms with E-state index in [1.165, 1.54) is 0 Å². The molecule has 1 aromatic heterocycles. The third-order valence-corrected chi connectivity index (χ3v) is 3.85. The Bertz CT molecular complexity index is 834. The van der Waals surface area contributed by atoms with Gasteiger partial charge in [0.1, 0.15) is 18.3 Å². The summed E-state index contributed by atoms with van der Waals surface area (Å²) < 4.78 is 6.82. The van der Waals surface area contributed by atoms with Gasteiger partial charge in [-0.25, -0.2) is 4.68 Å². The molecule has 0 aliphatic heterocycles. The number of carbonyl (C=O) groups excluding carboxylic acids is 1. The second-order valence-electron chi connectivity index (χ2n) is 5.53. The molecule has 0 saturated heterocycles. The molecule has 3 aromatic rings. The Balaban J connectivity index is 1.54. The number of aromatic nitrogens is 3. The van der Waals surface area contributed by atoms with Crippen molar-refractivity contribution >= 4 is 17.6 Å². The van der Waals surface area contributed by atoms with E-state index in [1.807, 2.05) is 42.5 Å². The number of benzene rings is 2. The van der Waals surface area contributed by atoms with E-state index in [0.29, 0.717) is 17.1 Å². The molecule has 1 heterocycles. The Hall–Kier alpha value is -2.70. The van der Waals surface area contributed by atoms with Crippen LogP contribution in [0.2, 0.25) is 5.02 Å². The van der Waals surface area contributed by atoms with E-state index in [-0.39, 0.29) is 6.61 Å². The molecule has 25 heavy (non-hydrogen) atoms. The summed E-state index contributed by atoms with van der Waals surface area (Å²) in [5.41, 5.74) is 8.23. The Morgan fingerprint density at radius 2 is 1.88 bits per heavy atom. The number of hydrogen-bond acceptors (Lipinski definition) is 5. The summed E-state index contributed by atoms with van der Waals surface area (Å²) in [5, 5.41) is 8.64. The highest BCUT2D eigenvalue weighted by molar-refractivity contribution is 6.30. The topological polar surface area (TPSA) is 83.0 Å². The van der Waals surface area contributed by atoms with Crippen molar-refractivity contribution in [1.29, 1.82) is 0 Å². The van der Waals surface area contributed by atoms with Crippen molar-refractivity contribution in [1.82, 2.24) is 15.0 Å². The van der Waals surface area contributed by atoms with Crippen LogP contribution in [0.25, 0.3) is 5.69 Å². The van der Waals surface area contributed by atoms with Crippen LogP contribution in [-0.4, -0.2) is 27.0 Å². The first-order valence-electron chi connectivity index (χ1n) is 7.75. The average molecular weight is 357 g/mol. The molecule has 128 valence electrons. The summed E-state index contributed by atoms with van der Waals surface area (Å²) in [7, 11) is 0. The smallest absolute Gasteiger partial charge is 0.323 e. The molecule has 0 aliphatic carbocycles. The third-order valence-electron chi connectivity index (χ3n) is 3.60. The Labute approximate surface area is 150 Å². The molecule has 0 unspecified atom stereocenters. The average Bonchev–Trinajstić information content (AvgIpc) is 3.10. The summed E-state index contributed by atoms with van der Waals surface area (Å²) in [5.74, 6) is -0.468. The van der Waals surface area contributed by atoms with Crippen LogP contribution in [0.1, 0.15) is 11.3 Å². The first-order valence-corrected chi connectivity index (χ1v) is 8.13. The number of nitrogens with two attached hydrogens (primary N) is 1. The summed E-state index contributed by atoms with van der Waals surface area (Å²) in [6.45, 7) is 0.0227. The zero-order valence-corrected chi connectivity index (χ0v) is 14.1. The maximum atomic E-state index is 12.0. The summed E-state index contributed by atoms with van der Waals surface area (Å²) in [6.07, 6.45) is 2.12. The molecule has 3 rings (SSSR count). The molecule has 0 radical (unpaired) electrons. The lowest BCUT2D eigenvalue weighted by atomic mass is 10.1. The summed E-state index contributed by atoms with van der Waals surface area (Å²) in [6, 6.07) is 16.0. The normalized spacial score (nSPS) is 11.9. The van der Waals surface area contributed by atoms with Gasteiger partial charge in [-0.15, -0.1) is 5.10 Å². The molecule has 1 atom stereocenters. The SMILES string of the molecule is N[C@@H](Cc1ccccc1)C(=O)OCc1cn(-c2ccc(Cl)cc2)nn1. The van der Waals surface area contributed by atoms with Crippen LogP contribution in [-0.2, 0) is 22.6 Å². The number of halogens is 1. The van der Waals surface area contributed by atoms with Gasteiger partial charge in [-0.3, -0.25) is 4.79 Å². The molecule has 0 bridgehead atoms. The number of esters is 1. The van der Waals surface area contributed by atoms with Crippen molar-refractivity contribution < 1.29 is 9.53 Å². The molecule has 7 heteroatoms. The Morgan fingerprint density at radius 3 is 2.60 bits per heavy atom. The minimum atomic E-state index is -0.714. The highest BCUT2D eigenvalue weighted by Crippen LogP contribution is 2.13. The van der Waals surface area contributed by atoms with E-state index < -0.39 is 12.0 Å². The van der Waals surface area contributed by atoms with Crippen LogP contribution in [0.4, 0.5) is 0 Å². The minimum absolute atomic E-state index is 0.0227. The quantitative estimate of drug-likeness (QED) is 0.686. The van der Waals surface area contributed by atoms with Gasteiger partial charge >= 0.3 is 5.97 Å². The van der Waals surface area contributed by atoms with Gasteiger partial charge in [0, 0.05) is 5.02 Å². The standard InChI is InChI=1S/C18H17ClN4O2/c19-14-6-8-16(9-7-14)23-11-15(21-22-23)12-25-18(24)17(20)10-13-4-2-1-3-5-13/h1-9,11,17H,10,12,20H2/t17-/m0/s1. The van der Waals surface area contributed by atoms with Gasteiger partial charge in [-0.1, -0.05) is 47.1 Å². The van der Waals surface area contributed by atoms with Crippen LogP contribution < -0.4 is 5.73 Å². The van der Waals surface area contributed by atoms with Gasteiger partial charge < -0.3 is 10.5 Å². The first-order chi connectivity index (χ1) is 12.1. The van der Waals surface area contributed by atoms with E-state index in [2.05, 4.69) is 10.3 Å². The fourth-order valence-electron chi connectivity index (χ4n) is 2.29. The van der Waals surface area contributed by atoms with Gasteiger partial charge in [0.15, 0.2) is 0 Å². The lowest BCUT2D eigenvalue weighted by molar-refractivity contribution is -0.146. The molecule has 6 nitrogen and oxygen atoms in total. The number of nitrogens with zero attached hydrogens (tertiary/aromatic N) is 3. The van der Waals surface area contributed by atoms with Crippen molar-refractivity contribution in [2.45, 2.75) is 19.1 Å². The second-order valence-corrected chi connectivity index (χ2v) is 5.97. The van der Waals surface area contributed by atoms with Gasteiger partial charge in [-0.05, 0) is 36.2 Å². The van der Waals surface area contributed by atoms with Crippen LogP contribution in [0, 0.1) is 0 Å². The molecular weight excluding hydrogens is 340 g/mol. The van der Waals surface area contributed by atoms with E-state index in [0.717, 1.165) is 11.3 Å². The lowest BCUT2D eigenvalue weighted by Gasteiger charge is -2.10. The fraction of sp³-hybridized carbons (Fsp3) is 0.167. The van der Waals surface area contributed by atoms with Crippen molar-refractivity contribution in [2.24, 2.45) is 5.73 Å². The van der Waals surface area contributed by atoms with Crippen molar-refractivity contribution in [3.63, 3.8) is 0 Å². The largest absolute Gasteiger partial charge is 0.458 e. The third kappa shape index (κ3) is 4.65. The predicted octanol–water partition coefficient (Wildman–Crippen LogP) is 2.53. The van der Waals surface area contributed by atoms with Gasteiger partial charge in [0.2, 0.25) is 0 Å².